The summed E-state index contributed by atoms with van der Waals surface area (Å²) in [5, 5.41) is 15.9. The van der Waals surface area contributed by atoms with Gasteiger partial charge in [0.15, 0.2) is 11.6 Å². The number of nitro benzene ring substituents is 1. The van der Waals surface area contributed by atoms with Gasteiger partial charge in [0.25, 0.3) is 5.69 Å². The monoisotopic (exact) mass is 658 g/mol. The zero-order valence-electron chi connectivity index (χ0n) is 26.2. The van der Waals surface area contributed by atoms with Gasteiger partial charge in [0.1, 0.15) is 19.0 Å². The van der Waals surface area contributed by atoms with E-state index in [-0.39, 0.29) is 49.9 Å². The van der Waals surface area contributed by atoms with Gasteiger partial charge >= 0.3 is 6.16 Å². The first-order chi connectivity index (χ1) is 22.3. The van der Waals surface area contributed by atoms with Crippen LogP contribution in [0.5, 0.6) is 5.75 Å². The number of amides is 3. The predicted molar refractivity (Wildman–Crippen MR) is 165 cm³/mol. The second-order valence-corrected chi connectivity index (χ2v) is 10.5. The second kappa shape index (κ2) is 19.3. The first kappa shape index (κ1) is 38.0. The standard InChI is InChI=1S/C31H38N4O12/c1-19(14-25(36)18-45-13-12-44-3)29(39)33-20(2)27(37)15-22(16-28(32)38)30(40)34-23-6-4-21(5-7-23)17-46-31(41)47-26-10-8-24(9-11-26)35(42)43/h4-11,19-20,22H,12-18H2,1-3H3,(H2,32,38)(H,33,39)(H,34,40)/t19-,20+,22+/m1/s1. The van der Waals surface area contributed by atoms with Gasteiger partial charge in [-0.3, -0.25) is 34.1 Å². The number of anilines is 1. The molecule has 2 aromatic carbocycles. The van der Waals surface area contributed by atoms with E-state index in [1.807, 2.05) is 0 Å². The van der Waals surface area contributed by atoms with Crippen LogP contribution in [-0.4, -0.2) is 73.3 Å². The van der Waals surface area contributed by atoms with E-state index >= 15 is 0 Å². The number of nitrogens with two attached hydrogens (primary N) is 1. The van der Waals surface area contributed by atoms with Crippen molar-refractivity contribution in [2.45, 2.75) is 45.8 Å². The van der Waals surface area contributed by atoms with Crippen LogP contribution in [0.4, 0.5) is 16.2 Å². The van der Waals surface area contributed by atoms with Crippen molar-refractivity contribution >= 4 is 46.8 Å². The molecule has 0 bridgehead atoms. The maximum Gasteiger partial charge on any atom is 0.514 e. The highest BCUT2D eigenvalue weighted by atomic mass is 16.7. The minimum absolute atomic E-state index is 0.0565. The minimum atomic E-state index is -1.13. The lowest BCUT2D eigenvalue weighted by atomic mass is 9.94. The van der Waals surface area contributed by atoms with E-state index in [1.54, 1.807) is 12.1 Å². The van der Waals surface area contributed by atoms with Crippen LogP contribution < -0.4 is 21.1 Å². The molecule has 4 N–H and O–H groups in total. The minimum Gasteiger partial charge on any atom is -0.429 e. The SMILES string of the molecule is COCCOCC(=O)C[C@@H](C)C(=O)N[C@@H](C)C(=O)C[C@@H](CC(N)=O)C(=O)Nc1ccc(COC(=O)Oc2ccc([N+](=O)[O-])cc2)cc1. The second-order valence-electron chi connectivity index (χ2n) is 10.5. The van der Waals surface area contributed by atoms with Gasteiger partial charge in [0.2, 0.25) is 17.7 Å². The van der Waals surface area contributed by atoms with Gasteiger partial charge in [-0.25, -0.2) is 4.79 Å². The Balaban J connectivity index is 1.87. The molecule has 0 saturated heterocycles. The highest BCUT2D eigenvalue weighted by Crippen LogP contribution is 2.19. The van der Waals surface area contributed by atoms with Crippen LogP contribution in [0, 0.1) is 22.0 Å². The Labute approximate surface area is 270 Å². The van der Waals surface area contributed by atoms with Crippen LogP contribution in [0.3, 0.4) is 0 Å². The van der Waals surface area contributed by atoms with E-state index < -0.39 is 58.9 Å². The Hall–Kier alpha value is -5.22. The first-order valence-corrected chi connectivity index (χ1v) is 14.5. The summed E-state index contributed by atoms with van der Waals surface area (Å²) in [6, 6.07) is 9.97. The van der Waals surface area contributed by atoms with Gasteiger partial charge in [-0.05, 0) is 36.8 Å². The smallest absolute Gasteiger partial charge is 0.429 e. The molecule has 0 unspecified atom stereocenters. The van der Waals surface area contributed by atoms with Crippen molar-refractivity contribution in [3.8, 4) is 5.75 Å². The number of nitrogens with one attached hydrogen (secondary N) is 2. The molecule has 2 aromatic rings. The van der Waals surface area contributed by atoms with Crippen LogP contribution in [0.25, 0.3) is 0 Å². The van der Waals surface area contributed by atoms with Crippen molar-refractivity contribution < 1.29 is 52.6 Å². The molecule has 0 aromatic heterocycles. The Morgan fingerprint density at radius 2 is 1.55 bits per heavy atom. The van der Waals surface area contributed by atoms with Crippen LogP contribution >= 0.6 is 0 Å². The van der Waals surface area contributed by atoms with Crippen LogP contribution in [0.1, 0.15) is 38.7 Å². The number of nitrogens with zero attached hydrogens (tertiary/aromatic N) is 1. The maximum atomic E-state index is 13.0. The quantitative estimate of drug-likeness (QED) is 0.0612. The molecule has 16 heteroatoms. The number of hydrogen-bond acceptors (Lipinski definition) is 12. The number of carbonyl (C=O) groups is 6. The van der Waals surface area contributed by atoms with E-state index in [1.165, 1.54) is 57.4 Å². The number of carbonyl (C=O) groups excluding carboxylic acids is 6. The molecule has 0 aliphatic rings. The summed E-state index contributed by atoms with van der Waals surface area (Å²) in [6.45, 7) is 3.18. The number of benzene rings is 2. The number of nitro groups is 1. The van der Waals surface area contributed by atoms with Crippen molar-refractivity contribution in [2.24, 2.45) is 17.6 Å². The predicted octanol–water partition coefficient (Wildman–Crippen LogP) is 2.46. The van der Waals surface area contributed by atoms with E-state index in [4.69, 9.17) is 24.7 Å². The zero-order chi connectivity index (χ0) is 34.9. The first-order valence-electron chi connectivity index (χ1n) is 14.5. The summed E-state index contributed by atoms with van der Waals surface area (Å²) in [5.41, 5.74) is 6.00. The summed E-state index contributed by atoms with van der Waals surface area (Å²) < 4.78 is 20.0. The summed E-state index contributed by atoms with van der Waals surface area (Å²) >= 11 is 0. The average molecular weight is 659 g/mol. The fourth-order valence-corrected chi connectivity index (χ4v) is 4.01. The van der Waals surface area contributed by atoms with Gasteiger partial charge in [0, 0.05) is 50.1 Å². The third kappa shape index (κ3) is 14.2. The largest absolute Gasteiger partial charge is 0.514 e. The van der Waals surface area contributed by atoms with Crippen LogP contribution in [0.2, 0.25) is 0 Å². The fraction of sp³-hybridized carbons (Fsp3) is 0.419. The molecular formula is C31H38N4O12. The van der Waals surface area contributed by atoms with E-state index in [0.29, 0.717) is 17.9 Å². The van der Waals surface area contributed by atoms with Crippen molar-refractivity contribution in [3.05, 3.63) is 64.2 Å². The molecule has 3 atom stereocenters. The highest BCUT2D eigenvalue weighted by molar-refractivity contribution is 5.99. The number of ether oxygens (including phenoxy) is 4. The maximum absolute atomic E-state index is 13.0. The summed E-state index contributed by atoms with van der Waals surface area (Å²) in [4.78, 5) is 84.2. The highest BCUT2D eigenvalue weighted by Gasteiger charge is 2.28. The van der Waals surface area contributed by atoms with Gasteiger partial charge in [-0.15, -0.1) is 0 Å². The molecule has 0 spiro atoms. The lowest BCUT2D eigenvalue weighted by Crippen LogP contribution is -2.43. The summed E-state index contributed by atoms with van der Waals surface area (Å²) in [5.74, 6) is -4.60. The number of ketones is 2. The molecule has 3 amide bonds. The Morgan fingerprint density at radius 1 is 0.894 bits per heavy atom. The van der Waals surface area contributed by atoms with Crippen molar-refractivity contribution in [1.82, 2.24) is 5.32 Å². The summed E-state index contributed by atoms with van der Waals surface area (Å²) in [7, 11) is 1.50. The molecule has 0 heterocycles. The summed E-state index contributed by atoms with van der Waals surface area (Å²) in [6.07, 6.45) is -1.94. The Kier molecular flexibility index (Phi) is 15.6. The lowest BCUT2D eigenvalue weighted by molar-refractivity contribution is -0.384. The molecule has 0 aliphatic heterocycles. The molecule has 0 saturated carbocycles. The topological polar surface area (TPSA) is 233 Å². The molecule has 2 rings (SSSR count). The number of rotatable bonds is 20. The van der Waals surface area contributed by atoms with Gasteiger partial charge < -0.3 is 35.3 Å². The average Bonchev–Trinajstić information content (AvgIpc) is 3.02. The molecule has 254 valence electrons. The third-order valence-corrected chi connectivity index (χ3v) is 6.61. The molecule has 16 nitrogen and oxygen atoms in total. The molecule has 0 radical (unpaired) electrons. The number of non-ortho nitro benzene ring substituents is 1. The van der Waals surface area contributed by atoms with Crippen LogP contribution in [0.15, 0.2) is 48.5 Å². The number of Topliss-reactive ketones (excluding diaryl/α,β-unsaturated/α-hetero) is 2. The molecule has 0 aliphatic carbocycles. The lowest BCUT2D eigenvalue weighted by Gasteiger charge is -2.20. The molecule has 47 heavy (non-hydrogen) atoms. The van der Waals surface area contributed by atoms with Crippen LogP contribution in [-0.2, 0) is 44.8 Å². The normalized spacial score (nSPS) is 12.6. The van der Waals surface area contributed by atoms with Gasteiger partial charge in [-0.2, -0.15) is 0 Å². The van der Waals surface area contributed by atoms with E-state index in [9.17, 15) is 38.9 Å². The zero-order valence-corrected chi connectivity index (χ0v) is 26.2. The number of hydrogen-bond donors (Lipinski definition) is 3. The van der Waals surface area contributed by atoms with Gasteiger partial charge in [0.05, 0.1) is 30.1 Å². The molecule has 0 fully saturated rings. The van der Waals surface area contributed by atoms with Gasteiger partial charge in [-0.1, -0.05) is 19.1 Å². The van der Waals surface area contributed by atoms with E-state index in [0.717, 1.165) is 0 Å². The Bertz CT molecular complexity index is 1410. The molecular weight excluding hydrogens is 620 g/mol. The third-order valence-electron chi connectivity index (χ3n) is 6.61. The number of methoxy groups -OCH3 is 1. The fourth-order valence-electron chi connectivity index (χ4n) is 4.01. The van der Waals surface area contributed by atoms with E-state index in [2.05, 4.69) is 10.6 Å². The number of primary amides is 1. The van der Waals surface area contributed by atoms with Crippen molar-refractivity contribution in [3.63, 3.8) is 0 Å². The van der Waals surface area contributed by atoms with Crippen molar-refractivity contribution in [1.29, 1.82) is 0 Å². The Morgan fingerprint density at radius 3 is 2.15 bits per heavy atom. The van der Waals surface area contributed by atoms with Crippen molar-refractivity contribution in [2.75, 3.05) is 32.2 Å².